The fourth-order valence-corrected chi connectivity index (χ4v) is 2.56. The van der Waals surface area contributed by atoms with Gasteiger partial charge < -0.3 is 15.0 Å². The number of nitrogens with zero attached hydrogens (tertiary/aromatic N) is 3. The molecule has 0 aromatic carbocycles. The molecule has 2 aromatic rings. The summed E-state index contributed by atoms with van der Waals surface area (Å²) in [4.78, 5) is 11.4. The van der Waals surface area contributed by atoms with E-state index in [4.69, 9.17) is 15.0 Å². The van der Waals surface area contributed by atoms with Crippen LogP contribution in [0.25, 0.3) is 11.6 Å². The summed E-state index contributed by atoms with van der Waals surface area (Å²) in [6, 6.07) is 3.48. The summed E-state index contributed by atoms with van der Waals surface area (Å²) in [5.41, 5.74) is 0. The van der Waals surface area contributed by atoms with Crippen LogP contribution in [0.15, 0.2) is 28.0 Å². The number of carbonyl (C=O) groups is 1. The number of furan rings is 1. The first-order chi connectivity index (χ1) is 8.75. The highest BCUT2D eigenvalue weighted by atomic mass is 32.2. The van der Waals surface area contributed by atoms with Crippen molar-refractivity contribution in [2.45, 2.75) is 16.8 Å². The molecule has 2 N–H and O–H groups in total. The Morgan fingerprint density at radius 2 is 2.39 bits per heavy atom. The van der Waals surface area contributed by atoms with Gasteiger partial charge in [0.15, 0.2) is 5.76 Å². The average molecular weight is 266 g/mol. The third kappa shape index (κ3) is 1.84. The lowest BCUT2D eigenvalue weighted by atomic mass is 10.4. The van der Waals surface area contributed by atoms with Gasteiger partial charge in [-0.15, -0.1) is 10.2 Å². The molecule has 0 radical (unpaired) electrons. The number of nitrogens with two attached hydrogens (primary N) is 1. The fraction of sp³-hybridized carbons (Fsp3) is 0.300. The quantitative estimate of drug-likeness (QED) is 0.643. The summed E-state index contributed by atoms with van der Waals surface area (Å²) >= 11 is 1.25. The zero-order valence-corrected chi connectivity index (χ0v) is 10.1. The van der Waals surface area contributed by atoms with E-state index in [-0.39, 0.29) is 11.2 Å². The van der Waals surface area contributed by atoms with Gasteiger partial charge in [0.25, 0.3) is 0 Å². The highest BCUT2D eigenvalue weighted by Gasteiger charge is 2.30. The van der Waals surface area contributed by atoms with Crippen LogP contribution >= 0.6 is 11.8 Å². The molecule has 18 heavy (non-hydrogen) atoms. The molecule has 1 saturated heterocycles. The number of ether oxygens (including phenoxy) is 1. The molecule has 3 rings (SSSR count). The van der Waals surface area contributed by atoms with Gasteiger partial charge >= 0.3 is 5.97 Å². The number of aromatic nitrogens is 3. The maximum absolute atomic E-state index is 11.4. The van der Waals surface area contributed by atoms with Crippen LogP contribution in [0.2, 0.25) is 0 Å². The first kappa shape index (κ1) is 11.1. The van der Waals surface area contributed by atoms with E-state index >= 15 is 0 Å². The summed E-state index contributed by atoms with van der Waals surface area (Å²) in [5, 5.41) is 8.10. The molecule has 0 saturated carbocycles. The SMILES string of the molecule is Nn1c(S[C@H]2CCOC2=O)nnc1-c1ccco1. The Balaban J connectivity index is 1.84. The van der Waals surface area contributed by atoms with Gasteiger partial charge in [0.1, 0.15) is 5.25 Å². The summed E-state index contributed by atoms with van der Waals surface area (Å²) in [5.74, 6) is 6.60. The molecule has 1 aliphatic rings. The number of carbonyl (C=O) groups excluding carboxylic acids is 1. The molecule has 1 aliphatic heterocycles. The van der Waals surface area contributed by atoms with Gasteiger partial charge in [0, 0.05) is 6.42 Å². The second kappa shape index (κ2) is 4.37. The molecule has 2 aromatic heterocycles. The van der Waals surface area contributed by atoms with E-state index in [1.165, 1.54) is 22.7 Å². The fourth-order valence-electron chi connectivity index (χ4n) is 1.64. The smallest absolute Gasteiger partial charge is 0.319 e. The van der Waals surface area contributed by atoms with Crippen LogP contribution in [0.1, 0.15) is 6.42 Å². The summed E-state index contributed by atoms with van der Waals surface area (Å²) < 4.78 is 11.4. The van der Waals surface area contributed by atoms with Gasteiger partial charge in [-0.2, -0.15) is 0 Å². The summed E-state index contributed by atoms with van der Waals surface area (Å²) in [6.07, 6.45) is 2.19. The molecule has 94 valence electrons. The van der Waals surface area contributed by atoms with Crippen LogP contribution < -0.4 is 5.84 Å². The Kier molecular flexibility index (Phi) is 2.71. The van der Waals surface area contributed by atoms with Gasteiger partial charge in [-0.3, -0.25) is 4.79 Å². The molecule has 0 unspecified atom stereocenters. The van der Waals surface area contributed by atoms with Gasteiger partial charge in [-0.25, -0.2) is 4.68 Å². The number of esters is 1. The largest absolute Gasteiger partial charge is 0.465 e. The van der Waals surface area contributed by atoms with Gasteiger partial charge in [0.05, 0.1) is 12.9 Å². The monoisotopic (exact) mass is 266 g/mol. The molecular formula is C10H10N4O3S. The highest BCUT2D eigenvalue weighted by molar-refractivity contribution is 8.00. The van der Waals surface area contributed by atoms with Crippen molar-refractivity contribution in [3.05, 3.63) is 18.4 Å². The minimum atomic E-state index is -0.263. The van der Waals surface area contributed by atoms with E-state index in [1.807, 2.05) is 0 Å². The van der Waals surface area contributed by atoms with Crippen LogP contribution in [0.4, 0.5) is 0 Å². The van der Waals surface area contributed by atoms with Crippen LogP contribution in [-0.2, 0) is 9.53 Å². The van der Waals surface area contributed by atoms with Gasteiger partial charge in [-0.1, -0.05) is 11.8 Å². The molecule has 0 bridgehead atoms. The minimum absolute atomic E-state index is 0.234. The molecule has 3 heterocycles. The molecule has 8 heteroatoms. The molecule has 0 amide bonds. The number of hydrogen-bond donors (Lipinski definition) is 1. The Morgan fingerprint density at radius 1 is 1.50 bits per heavy atom. The third-order valence-corrected chi connectivity index (χ3v) is 3.74. The molecule has 0 spiro atoms. The van der Waals surface area contributed by atoms with Crippen molar-refractivity contribution in [2.24, 2.45) is 0 Å². The maximum atomic E-state index is 11.4. The van der Waals surface area contributed by atoms with Crippen molar-refractivity contribution in [3.8, 4) is 11.6 Å². The van der Waals surface area contributed by atoms with E-state index in [2.05, 4.69) is 10.2 Å². The Labute approximate surface area is 106 Å². The lowest BCUT2D eigenvalue weighted by Gasteiger charge is -2.04. The van der Waals surface area contributed by atoms with E-state index in [1.54, 1.807) is 12.1 Å². The number of cyclic esters (lactones) is 1. The minimum Gasteiger partial charge on any atom is -0.465 e. The predicted octanol–water partition coefficient (Wildman–Crippen LogP) is 0.659. The number of hydrogen-bond acceptors (Lipinski definition) is 7. The number of thioether (sulfide) groups is 1. The van der Waals surface area contributed by atoms with E-state index in [9.17, 15) is 4.79 Å². The van der Waals surface area contributed by atoms with Crippen LogP contribution in [0.5, 0.6) is 0 Å². The third-order valence-electron chi connectivity index (χ3n) is 2.54. The topological polar surface area (TPSA) is 96.2 Å². The van der Waals surface area contributed by atoms with Crippen molar-refractivity contribution >= 4 is 17.7 Å². The normalized spacial score (nSPS) is 19.1. The summed E-state index contributed by atoms with van der Waals surface area (Å²) in [6.45, 7) is 0.445. The standard InChI is InChI=1S/C10H10N4O3S/c11-14-8(6-2-1-4-16-6)12-13-10(14)18-7-3-5-17-9(7)15/h1-2,4,7H,3,5,11H2/t7-/m0/s1. The Morgan fingerprint density at radius 3 is 3.06 bits per heavy atom. The summed E-state index contributed by atoms with van der Waals surface area (Å²) in [7, 11) is 0. The highest BCUT2D eigenvalue weighted by Crippen LogP contribution is 2.29. The zero-order valence-electron chi connectivity index (χ0n) is 9.28. The van der Waals surface area contributed by atoms with Crippen LogP contribution in [0, 0.1) is 0 Å². The van der Waals surface area contributed by atoms with E-state index in [0.717, 1.165) is 0 Å². The second-order valence-corrected chi connectivity index (χ2v) is 4.89. The van der Waals surface area contributed by atoms with Crippen molar-refractivity contribution in [1.29, 1.82) is 0 Å². The van der Waals surface area contributed by atoms with E-state index < -0.39 is 0 Å². The second-order valence-electron chi connectivity index (χ2n) is 3.72. The average Bonchev–Trinajstić information content (AvgIpc) is 3.05. The van der Waals surface area contributed by atoms with Crippen molar-refractivity contribution in [3.63, 3.8) is 0 Å². The molecule has 0 aliphatic carbocycles. The van der Waals surface area contributed by atoms with Crippen molar-refractivity contribution in [2.75, 3.05) is 12.4 Å². The Hall–Kier alpha value is -1.96. The zero-order chi connectivity index (χ0) is 12.5. The Bertz CT molecular complexity index is 566. The molecule has 1 fully saturated rings. The number of nitrogen functional groups attached to an aromatic ring is 1. The first-order valence-electron chi connectivity index (χ1n) is 5.33. The van der Waals surface area contributed by atoms with Crippen molar-refractivity contribution in [1.82, 2.24) is 14.9 Å². The van der Waals surface area contributed by atoms with Crippen molar-refractivity contribution < 1.29 is 13.9 Å². The predicted molar refractivity (Wildman–Crippen MR) is 63.1 cm³/mol. The lowest BCUT2D eigenvalue weighted by molar-refractivity contribution is -0.137. The lowest BCUT2D eigenvalue weighted by Crippen LogP contribution is -2.15. The van der Waals surface area contributed by atoms with Crippen LogP contribution in [0.3, 0.4) is 0 Å². The van der Waals surface area contributed by atoms with Crippen LogP contribution in [-0.4, -0.2) is 32.7 Å². The maximum Gasteiger partial charge on any atom is 0.319 e. The van der Waals surface area contributed by atoms with Gasteiger partial charge in [0.2, 0.25) is 11.0 Å². The molecular weight excluding hydrogens is 256 g/mol. The molecule has 1 atom stereocenters. The molecule has 7 nitrogen and oxygen atoms in total. The number of rotatable bonds is 3. The first-order valence-corrected chi connectivity index (χ1v) is 6.21. The van der Waals surface area contributed by atoms with Gasteiger partial charge in [-0.05, 0) is 12.1 Å². The van der Waals surface area contributed by atoms with E-state index in [0.29, 0.717) is 29.8 Å².